The first kappa shape index (κ1) is 19.1. The highest BCUT2D eigenvalue weighted by Gasteiger charge is 2.14. The first-order valence-electron chi connectivity index (χ1n) is 8.53. The van der Waals surface area contributed by atoms with Gasteiger partial charge in [-0.1, -0.05) is 30.3 Å². The number of hydrogen-bond acceptors (Lipinski definition) is 4. The number of benzene rings is 3. The molecule has 0 aromatic heterocycles. The molecule has 1 amide bonds. The molecular weight excluding hydrogens is 361 g/mol. The lowest BCUT2D eigenvalue weighted by molar-refractivity contribution is 0.0467. The van der Waals surface area contributed by atoms with E-state index in [9.17, 15) is 14.0 Å². The van der Waals surface area contributed by atoms with Gasteiger partial charge in [0, 0.05) is 17.3 Å². The molecule has 3 aromatic carbocycles. The molecule has 28 heavy (non-hydrogen) atoms. The van der Waals surface area contributed by atoms with Gasteiger partial charge < -0.3 is 14.8 Å². The molecule has 0 spiro atoms. The number of para-hydroxylation sites is 1. The average molecular weight is 379 g/mol. The minimum Gasteiger partial charge on any atom is -0.497 e. The lowest BCUT2D eigenvalue weighted by Crippen LogP contribution is -2.12. The number of esters is 1. The Morgan fingerprint density at radius 1 is 0.964 bits per heavy atom. The summed E-state index contributed by atoms with van der Waals surface area (Å²) in [4.78, 5) is 24.3. The number of carbonyl (C=O) groups excluding carboxylic acids is 2. The number of rotatable bonds is 6. The standard InChI is InChI=1S/C22H18FNO4/c1-27-18-11-12-19(20(23)13-18)22(26)28-14-15-7-9-16(10-8-15)21(25)24-17-5-3-2-4-6-17/h2-13H,14H2,1H3,(H,24,25). The number of ether oxygens (including phenoxy) is 2. The lowest BCUT2D eigenvalue weighted by atomic mass is 10.1. The first-order valence-corrected chi connectivity index (χ1v) is 8.53. The molecule has 0 heterocycles. The zero-order valence-corrected chi connectivity index (χ0v) is 15.1. The molecule has 0 aliphatic heterocycles. The van der Waals surface area contributed by atoms with Crippen LogP contribution in [-0.4, -0.2) is 19.0 Å². The second kappa shape index (κ2) is 8.81. The molecule has 0 aliphatic rings. The van der Waals surface area contributed by atoms with Gasteiger partial charge in [-0.2, -0.15) is 0 Å². The molecule has 142 valence electrons. The molecule has 0 saturated heterocycles. The van der Waals surface area contributed by atoms with Crippen molar-refractivity contribution < 1.29 is 23.5 Å². The second-order valence-corrected chi connectivity index (χ2v) is 5.94. The first-order chi connectivity index (χ1) is 13.6. The smallest absolute Gasteiger partial charge is 0.341 e. The molecular formula is C22H18FNO4. The molecule has 0 unspecified atom stereocenters. The third kappa shape index (κ3) is 4.73. The van der Waals surface area contributed by atoms with Gasteiger partial charge in [-0.3, -0.25) is 4.79 Å². The van der Waals surface area contributed by atoms with Gasteiger partial charge in [0.15, 0.2) is 0 Å². The van der Waals surface area contributed by atoms with Crippen molar-refractivity contribution >= 4 is 17.6 Å². The maximum atomic E-state index is 13.9. The van der Waals surface area contributed by atoms with E-state index in [0.29, 0.717) is 22.6 Å². The zero-order chi connectivity index (χ0) is 19.9. The number of nitrogens with one attached hydrogen (secondary N) is 1. The topological polar surface area (TPSA) is 64.6 Å². The summed E-state index contributed by atoms with van der Waals surface area (Å²) in [6.07, 6.45) is 0. The largest absolute Gasteiger partial charge is 0.497 e. The van der Waals surface area contributed by atoms with E-state index in [1.807, 2.05) is 18.2 Å². The molecule has 6 heteroatoms. The van der Waals surface area contributed by atoms with Crippen LogP contribution in [0, 0.1) is 5.82 Å². The monoisotopic (exact) mass is 379 g/mol. The number of hydrogen-bond donors (Lipinski definition) is 1. The van der Waals surface area contributed by atoms with Crippen molar-refractivity contribution in [3.63, 3.8) is 0 Å². The van der Waals surface area contributed by atoms with E-state index >= 15 is 0 Å². The van der Waals surface area contributed by atoms with Gasteiger partial charge in [0.25, 0.3) is 5.91 Å². The van der Waals surface area contributed by atoms with Crippen molar-refractivity contribution in [3.8, 4) is 5.75 Å². The van der Waals surface area contributed by atoms with Crippen LogP contribution >= 0.6 is 0 Å². The predicted octanol–water partition coefficient (Wildman–Crippen LogP) is 4.44. The SMILES string of the molecule is COc1ccc(C(=O)OCc2ccc(C(=O)Nc3ccccc3)cc2)c(F)c1. The maximum Gasteiger partial charge on any atom is 0.341 e. The lowest BCUT2D eigenvalue weighted by Gasteiger charge is -2.08. The average Bonchev–Trinajstić information content (AvgIpc) is 2.73. The highest BCUT2D eigenvalue weighted by atomic mass is 19.1. The van der Waals surface area contributed by atoms with Crippen molar-refractivity contribution in [3.05, 3.63) is 95.3 Å². The summed E-state index contributed by atoms with van der Waals surface area (Å²) >= 11 is 0. The Bertz CT molecular complexity index is 972. The van der Waals surface area contributed by atoms with Crippen LogP contribution in [0.2, 0.25) is 0 Å². The van der Waals surface area contributed by atoms with Crippen LogP contribution in [0.1, 0.15) is 26.3 Å². The van der Waals surface area contributed by atoms with Crippen LogP contribution in [0.15, 0.2) is 72.8 Å². The summed E-state index contributed by atoms with van der Waals surface area (Å²) in [5, 5.41) is 2.79. The van der Waals surface area contributed by atoms with Gasteiger partial charge in [0.05, 0.1) is 12.7 Å². The van der Waals surface area contributed by atoms with E-state index < -0.39 is 11.8 Å². The van der Waals surface area contributed by atoms with Crippen molar-refractivity contribution in [1.82, 2.24) is 0 Å². The van der Waals surface area contributed by atoms with Crippen LogP contribution in [0.3, 0.4) is 0 Å². The van der Waals surface area contributed by atoms with Gasteiger partial charge >= 0.3 is 5.97 Å². The van der Waals surface area contributed by atoms with Gasteiger partial charge in [0.1, 0.15) is 18.2 Å². The fraction of sp³-hybridized carbons (Fsp3) is 0.0909. The predicted molar refractivity (Wildman–Crippen MR) is 103 cm³/mol. The summed E-state index contributed by atoms with van der Waals surface area (Å²) < 4.78 is 24.0. The fourth-order valence-electron chi connectivity index (χ4n) is 2.49. The van der Waals surface area contributed by atoms with Crippen molar-refractivity contribution in [1.29, 1.82) is 0 Å². The molecule has 0 aliphatic carbocycles. The molecule has 0 atom stereocenters. The summed E-state index contributed by atoms with van der Waals surface area (Å²) in [6.45, 7) is -0.0368. The van der Waals surface area contributed by atoms with Crippen LogP contribution in [0.4, 0.5) is 10.1 Å². The number of anilines is 1. The molecule has 0 radical (unpaired) electrons. The van der Waals surface area contributed by atoms with Crippen molar-refractivity contribution in [2.24, 2.45) is 0 Å². The number of carbonyl (C=O) groups is 2. The third-order valence-electron chi connectivity index (χ3n) is 4.01. The number of amides is 1. The number of halogens is 1. The van der Waals surface area contributed by atoms with Gasteiger partial charge in [0.2, 0.25) is 0 Å². The van der Waals surface area contributed by atoms with E-state index in [1.54, 1.807) is 36.4 Å². The summed E-state index contributed by atoms with van der Waals surface area (Å²) in [6, 6.07) is 19.7. The van der Waals surface area contributed by atoms with Crippen LogP contribution in [-0.2, 0) is 11.3 Å². The van der Waals surface area contributed by atoms with E-state index in [-0.39, 0.29) is 18.1 Å². The minimum atomic E-state index is -0.772. The zero-order valence-electron chi connectivity index (χ0n) is 15.1. The Hall–Kier alpha value is -3.67. The Labute approximate surface area is 161 Å². The van der Waals surface area contributed by atoms with Crippen LogP contribution in [0.5, 0.6) is 5.75 Å². The van der Waals surface area contributed by atoms with Crippen LogP contribution < -0.4 is 10.1 Å². The minimum absolute atomic E-state index is 0.0368. The highest BCUT2D eigenvalue weighted by molar-refractivity contribution is 6.04. The van der Waals surface area contributed by atoms with E-state index in [0.717, 1.165) is 6.07 Å². The quantitative estimate of drug-likeness (QED) is 0.643. The molecule has 1 N–H and O–H groups in total. The second-order valence-electron chi connectivity index (χ2n) is 5.94. The Kier molecular flexibility index (Phi) is 6.01. The molecule has 3 aromatic rings. The fourth-order valence-corrected chi connectivity index (χ4v) is 2.49. The van der Waals surface area contributed by atoms with E-state index in [2.05, 4.69) is 5.32 Å². The van der Waals surface area contributed by atoms with Crippen molar-refractivity contribution in [2.75, 3.05) is 12.4 Å². The highest BCUT2D eigenvalue weighted by Crippen LogP contribution is 2.18. The van der Waals surface area contributed by atoms with Crippen molar-refractivity contribution in [2.45, 2.75) is 6.61 Å². The van der Waals surface area contributed by atoms with Gasteiger partial charge in [-0.15, -0.1) is 0 Å². The third-order valence-corrected chi connectivity index (χ3v) is 4.01. The molecule has 0 bridgehead atoms. The Balaban J connectivity index is 1.58. The molecule has 0 fully saturated rings. The Morgan fingerprint density at radius 2 is 1.68 bits per heavy atom. The number of methoxy groups -OCH3 is 1. The van der Waals surface area contributed by atoms with Crippen LogP contribution in [0.25, 0.3) is 0 Å². The van der Waals surface area contributed by atoms with Gasteiger partial charge in [-0.05, 0) is 42.0 Å². The molecule has 5 nitrogen and oxygen atoms in total. The van der Waals surface area contributed by atoms with Gasteiger partial charge in [-0.25, -0.2) is 9.18 Å². The summed E-state index contributed by atoms with van der Waals surface area (Å²) in [5.41, 5.74) is 1.69. The van der Waals surface area contributed by atoms with E-state index in [1.165, 1.54) is 19.2 Å². The summed E-state index contributed by atoms with van der Waals surface area (Å²) in [7, 11) is 1.41. The summed E-state index contributed by atoms with van der Waals surface area (Å²) in [5.74, 6) is -1.41. The normalized spacial score (nSPS) is 10.2. The molecule has 0 saturated carbocycles. The van der Waals surface area contributed by atoms with E-state index in [4.69, 9.17) is 9.47 Å². The maximum absolute atomic E-state index is 13.9. The Morgan fingerprint density at radius 3 is 2.32 bits per heavy atom. The molecule has 3 rings (SSSR count).